The smallest absolute Gasteiger partial charge is 0.307 e. The molecule has 1 saturated heterocycles. The predicted octanol–water partition coefficient (Wildman–Crippen LogP) is 1.94. The van der Waals surface area contributed by atoms with Gasteiger partial charge in [-0.3, -0.25) is 14.5 Å². The van der Waals surface area contributed by atoms with Crippen LogP contribution in [-0.4, -0.2) is 41.5 Å². The summed E-state index contributed by atoms with van der Waals surface area (Å²) in [5.74, 6) is -1.22. The second kappa shape index (κ2) is 6.53. The standard InChI is InChI=1S/C14H17IN2O3/c1-9-6-11(15)2-3-12(9)16-13(18)8-17-5-4-10(7-17)14(19)20/h2-3,6,10H,4-5,7-8H2,1H3,(H,16,18)(H,19,20). The minimum atomic E-state index is -0.776. The lowest BCUT2D eigenvalue weighted by Crippen LogP contribution is -2.32. The van der Waals surface area contributed by atoms with Gasteiger partial charge >= 0.3 is 5.97 Å². The largest absolute Gasteiger partial charge is 0.481 e. The Morgan fingerprint density at radius 2 is 2.25 bits per heavy atom. The molecule has 0 spiro atoms. The molecule has 1 heterocycles. The summed E-state index contributed by atoms with van der Waals surface area (Å²) < 4.78 is 1.13. The number of anilines is 1. The highest BCUT2D eigenvalue weighted by Gasteiger charge is 2.28. The fourth-order valence-corrected chi connectivity index (χ4v) is 2.98. The first-order valence-corrected chi connectivity index (χ1v) is 7.55. The molecule has 0 saturated carbocycles. The second-order valence-electron chi connectivity index (χ2n) is 5.07. The molecule has 1 atom stereocenters. The van der Waals surface area contributed by atoms with Crippen molar-refractivity contribution in [2.24, 2.45) is 5.92 Å². The molecule has 0 radical (unpaired) electrons. The van der Waals surface area contributed by atoms with Crippen molar-refractivity contribution < 1.29 is 14.7 Å². The number of halogens is 1. The molecule has 1 amide bonds. The average molecular weight is 388 g/mol. The first-order valence-electron chi connectivity index (χ1n) is 6.47. The molecule has 1 aliphatic heterocycles. The Kier molecular flexibility index (Phi) is 4.98. The number of rotatable bonds is 4. The molecule has 2 N–H and O–H groups in total. The number of nitrogens with one attached hydrogen (secondary N) is 1. The zero-order valence-electron chi connectivity index (χ0n) is 11.2. The van der Waals surface area contributed by atoms with Crippen LogP contribution in [-0.2, 0) is 9.59 Å². The SMILES string of the molecule is Cc1cc(I)ccc1NC(=O)CN1CCC(C(=O)O)C1. The summed E-state index contributed by atoms with van der Waals surface area (Å²) in [6.45, 7) is 3.31. The van der Waals surface area contributed by atoms with Crippen molar-refractivity contribution >= 4 is 40.2 Å². The number of amides is 1. The molecule has 2 rings (SSSR count). The van der Waals surface area contributed by atoms with E-state index < -0.39 is 5.97 Å². The van der Waals surface area contributed by atoms with Gasteiger partial charge in [0.1, 0.15) is 0 Å². The lowest BCUT2D eigenvalue weighted by atomic mass is 10.1. The summed E-state index contributed by atoms with van der Waals surface area (Å²) in [4.78, 5) is 24.7. The zero-order chi connectivity index (χ0) is 14.7. The van der Waals surface area contributed by atoms with Crippen LogP contribution in [0.3, 0.4) is 0 Å². The number of carbonyl (C=O) groups is 2. The van der Waals surface area contributed by atoms with Crippen molar-refractivity contribution in [3.63, 3.8) is 0 Å². The first kappa shape index (κ1) is 15.2. The van der Waals surface area contributed by atoms with Crippen molar-refractivity contribution in [1.82, 2.24) is 4.90 Å². The van der Waals surface area contributed by atoms with Gasteiger partial charge in [0.2, 0.25) is 5.91 Å². The quantitative estimate of drug-likeness (QED) is 0.774. The molecule has 20 heavy (non-hydrogen) atoms. The average Bonchev–Trinajstić information content (AvgIpc) is 2.81. The fourth-order valence-electron chi connectivity index (χ4n) is 2.34. The monoisotopic (exact) mass is 388 g/mol. The molecule has 108 valence electrons. The van der Waals surface area contributed by atoms with Crippen LogP contribution in [0.2, 0.25) is 0 Å². The molecular formula is C14H17IN2O3. The predicted molar refractivity (Wildman–Crippen MR) is 84.7 cm³/mol. The summed E-state index contributed by atoms with van der Waals surface area (Å²) in [6, 6.07) is 5.84. The van der Waals surface area contributed by atoms with E-state index in [1.807, 2.05) is 30.0 Å². The molecule has 0 bridgehead atoms. The topological polar surface area (TPSA) is 69.6 Å². The molecule has 1 aliphatic rings. The van der Waals surface area contributed by atoms with Gasteiger partial charge in [-0.2, -0.15) is 0 Å². The van der Waals surface area contributed by atoms with Crippen molar-refractivity contribution in [3.8, 4) is 0 Å². The van der Waals surface area contributed by atoms with Crippen LogP contribution in [0.15, 0.2) is 18.2 Å². The maximum Gasteiger partial charge on any atom is 0.307 e. The Bertz CT molecular complexity index is 533. The molecule has 0 aliphatic carbocycles. The lowest BCUT2D eigenvalue weighted by Gasteiger charge is -2.15. The van der Waals surface area contributed by atoms with Crippen LogP contribution >= 0.6 is 22.6 Å². The van der Waals surface area contributed by atoms with Gasteiger partial charge in [0, 0.05) is 15.8 Å². The minimum absolute atomic E-state index is 0.0969. The van der Waals surface area contributed by atoms with E-state index >= 15 is 0 Å². The van der Waals surface area contributed by atoms with Crippen molar-refractivity contribution in [3.05, 3.63) is 27.3 Å². The third-order valence-corrected chi connectivity index (χ3v) is 4.12. The fraction of sp³-hybridized carbons (Fsp3) is 0.429. The second-order valence-corrected chi connectivity index (χ2v) is 6.31. The van der Waals surface area contributed by atoms with Gasteiger partial charge in [-0.05, 0) is 66.2 Å². The summed E-state index contributed by atoms with van der Waals surface area (Å²) in [5.41, 5.74) is 1.83. The molecule has 1 aromatic rings. The van der Waals surface area contributed by atoms with Crippen molar-refractivity contribution in [2.45, 2.75) is 13.3 Å². The van der Waals surface area contributed by atoms with Crippen LogP contribution < -0.4 is 5.32 Å². The summed E-state index contributed by atoms with van der Waals surface area (Å²) in [5, 5.41) is 11.8. The van der Waals surface area contributed by atoms with E-state index in [1.165, 1.54) is 0 Å². The number of aliphatic carboxylic acids is 1. The molecular weight excluding hydrogens is 371 g/mol. The third-order valence-electron chi connectivity index (χ3n) is 3.45. The summed E-state index contributed by atoms with van der Waals surface area (Å²) in [7, 11) is 0. The van der Waals surface area contributed by atoms with Crippen LogP contribution in [0, 0.1) is 16.4 Å². The Labute approximate surface area is 131 Å². The van der Waals surface area contributed by atoms with E-state index in [2.05, 4.69) is 27.9 Å². The molecule has 6 heteroatoms. The zero-order valence-corrected chi connectivity index (χ0v) is 13.4. The van der Waals surface area contributed by atoms with E-state index in [9.17, 15) is 9.59 Å². The van der Waals surface area contributed by atoms with Crippen LogP contribution in [0.25, 0.3) is 0 Å². The highest BCUT2D eigenvalue weighted by Crippen LogP contribution is 2.19. The number of hydrogen-bond acceptors (Lipinski definition) is 3. The van der Waals surface area contributed by atoms with Gasteiger partial charge in [0.15, 0.2) is 0 Å². The van der Waals surface area contributed by atoms with E-state index in [-0.39, 0.29) is 18.4 Å². The summed E-state index contributed by atoms with van der Waals surface area (Å²) >= 11 is 2.23. The third kappa shape index (κ3) is 3.92. The van der Waals surface area contributed by atoms with Gasteiger partial charge in [-0.25, -0.2) is 0 Å². The van der Waals surface area contributed by atoms with Crippen molar-refractivity contribution in [2.75, 3.05) is 25.0 Å². The van der Waals surface area contributed by atoms with Gasteiger partial charge in [-0.15, -0.1) is 0 Å². The lowest BCUT2D eigenvalue weighted by molar-refractivity contribution is -0.141. The molecule has 1 unspecified atom stereocenters. The molecule has 5 nitrogen and oxygen atoms in total. The van der Waals surface area contributed by atoms with Gasteiger partial charge in [-0.1, -0.05) is 0 Å². The minimum Gasteiger partial charge on any atom is -0.481 e. The number of carboxylic acids is 1. The van der Waals surface area contributed by atoms with Gasteiger partial charge < -0.3 is 10.4 Å². The molecule has 1 aromatic carbocycles. The summed E-state index contributed by atoms with van der Waals surface area (Å²) in [6.07, 6.45) is 0.616. The normalized spacial score (nSPS) is 19.0. The van der Waals surface area contributed by atoms with Crippen LogP contribution in [0.4, 0.5) is 5.69 Å². The Balaban J connectivity index is 1.88. The van der Waals surface area contributed by atoms with E-state index in [0.717, 1.165) is 14.8 Å². The maximum absolute atomic E-state index is 12.0. The Morgan fingerprint density at radius 3 is 2.85 bits per heavy atom. The highest BCUT2D eigenvalue weighted by molar-refractivity contribution is 14.1. The number of carbonyl (C=O) groups excluding carboxylic acids is 1. The van der Waals surface area contributed by atoms with Crippen LogP contribution in [0.1, 0.15) is 12.0 Å². The number of carboxylic acid groups (broad SMARTS) is 1. The number of nitrogens with zero attached hydrogens (tertiary/aromatic N) is 1. The maximum atomic E-state index is 12.0. The van der Waals surface area contributed by atoms with Gasteiger partial charge in [0.05, 0.1) is 12.5 Å². The highest BCUT2D eigenvalue weighted by atomic mass is 127. The first-order chi connectivity index (χ1) is 9.45. The van der Waals surface area contributed by atoms with Gasteiger partial charge in [0.25, 0.3) is 0 Å². The van der Waals surface area contributed by atoms with Crippen molar-refractivity contribution in [1.29, 1.82) is 0 Å². The molecule has 0 aromatic heterocycles. The number of benzene rings is 1. The van der Waals surface area contributed by atoms with E-state index in [4.69, 9.17) is 5.11 Å². The number of aryl methyl sites for hydroxylation is 1. The Morgan fingerprint density at radius 1 is 1.50 bits per heavy atom. The Hall–Kier alpha value is -1.15. The van der Waals surface area contributed by atoms with E-state index in [0.29, 0.717) is 19.5 Å². The molecule has 1 fully saturated rings. The number of hydrogen-bond donors (Lipinski definition) is 2. The van der Waals surface area contributed by atoms with Crippen LogP contribution in [0.5, 0.6) is 0 Å². The number of likely N-dealkylation sites (tertiary alicyclic amines) is 1. The van der Waals surface area contributed by atoms with E-state index in [1.54, 1.807) is 0 Å².